The highest BCUT2D eigenvalue weighted by atomic mass is 35.5. The third-order valence-corrected chi connectivity index (χ3v) is 2.60. The van der Waals surface area contributed by atoms with Gasteiger partial charge >= 0.3 is 0 Å². The third kappa shape index (κ3) is 3.44. The Labute approximate surface area is 109 Å². The molecular formula is C12H9Cl2N3. The maximum atomic E-state index is 6.02. The number of halogens is 2. The zero-order chi connectivity index (χ0) is 12.1. The van der Waals surface area contributed by atoms with Gasteiger partial charge in [0.1, 0.15) is 0 Å². The Bertz CT molecular complexity index is 509. The standard InChI is InChI=1S/C12H9Cl2N3/c13-10-1-3-11(4-2-10)16-17-12(14)9-5-7-15-8-6-9/h1-8,16H/b17-12-. The van der Waals surface area contributed by atoms with Gasteiger partial charge in [0, 0.05) is 23.0 Å². The molecule has 1 aromatic heterocycles. The zero-order valence-corrected chi connectivity index (χ0v) is 10.3. The van der Waals surface area contributed by atoms with Crippen molar-refractivity contribution in [3.8, 4) is 0 Å². The largest absolute Gasteiger partial charge is 0.277 e. The topological polar surface area (TPSA) is 37.3 Å². The van der Waals surface area contributed by atoms with Crippen molar-refractivity contribution in [2.45, 2.75) is 0 Å². The van der Waals surface area contributed by atoms with Crippen LogP contribution in [0.3, 0.4) is 0 Å². The first-order valence-corrected chi connectivity index (χ1v) is 5.66. The van der Waals surface area contributed by atoms with Crippen molar-refractivity contribution in [2.24, 2.45) is 5.10 Å². The molecule has 3 nitrogen and oxygen atoms in total. The van der Waals surface area contributed by atoms with Crippen LogP contribution in [0.4, 0.5) is 5.69 Å². The van der Waals surface area contributed by atoms with Crippen LogP contribution in [0.15, 0.2) is 53.9 Å². The molecular weight excluding hydrogens is 257 g/mol. The second-order valence-corrected chi connectivity index (χ2v) is 4.05. The lowest BCUT2D eigenvalue weighted by molar-refractivity contribution is 1.31. The highest BCUT2D eigenvalue weighted by Gasteiger charge is 1.98. The molecule has 0 aliphatic heterocycles. The molecule has 0 aliphatic carbocycles. The van der Waals surface area contributed by atoms with E-state index in [2.05, 4.69) is 15.5 Å². The van der Waals surface area contributed by atoms with Crippen molar-refractivity contribution in [1.29, 1.82) is 0 Å². The predicted octanol–water partition coefficient (Wildman–Crippen LogP) is 3.75. The molecule has 0 saturated carbocycles. The van der Waals surface area contributed by atoms with Gasteiger partial charge in [0.2, 0.25) is 0 Å². The van der Waals surface area contributed by atoms with Gasteiger partial charge in [0.25, 0.3) is 0 Å². The molecule has 0 spiro atoms. The summed E-state index contributed by atoms with van der Waals surface area (Å²) in [6, 6.07) is 10.8. The van der Waals surface area contributed by atoms with Crippen molar-refractivity contribution >= 4 is 34.1 Å². The molecule has 0 radical (unpaired) electrons. The molecule has 0 aliphatic rings. The molecule has 1 heterocycles. The van der Waals surface area contributed by atoms with E-state index in [4.69, 9.17) is 23.2 Å². The highest BCUT2D eigenvalue weighted by Crippen LogP contribution is 2.14. The van der Waals surface area contributed by atoms with Crippen molar-refractivity contribution in [3.05, 3.63) is 59.4 Å². The minimum Gasteiger partial charge on any atom is -0.277 e. The molecule has 0 fully saturated rings. The number of aromatic nitrogens is 1. The zero-order valence-electron chi connectivity index (χ0n) is 8.77. The lowest BCUT2D eigenvalue weighted by Gasteiger charge is -2.01. The fraction of sp³-hybridized carbons (Fsp3) is 0. The van der Waals surface area contributed by atoms with E-state index in [0.717, 1.165) is 11.3 Å². The van der Waals surface area contributed by atoms with Gasteiger partial charge in [-0.25, -0.2) is 0 Å². The second kappa shape index (κ2) is 5.66. The summed E-state index contributed by atoms with van der Waals surface area (Å²) in [6.45, 7) is 0. The van der Waals surface area contributed by atoms with Crippen molar-refractivity contribution in [3.63, 3.8) is 0 Å². The first kappa shape index (κ1) is 11.9. The van der Waals surface area contributed by atoms with Crippen LogP contribution in [0.2, 0.25) is 5.02 Å². The van der Waals surface area contributed by atoms with Gasteiger partial charge in [-0.1, -0.05) is 23.2 Å². The average Bonchev–Trinajstić information content (AvgIpc) is 2.39. The van der Waals surface area contributed by atoms with Gasteiger partial charge in [0.05, 0.1) is 5.69 Å². The summed E-state index contributed by atoms with van der Waals surface area (Å²) in [4.78, 5) is 3.91. The van der Waals surface area contributed by atoms with Crippen molar-refractivity contribution in [1.82, 2.24) is 4.98 Å². The van der Waals surface area contributed by atoms with Gasteiger partial charge < -0.3 is 0 Å². The number of benzene rings is 1. The Hall–Kier alpha value is -1.58. The van der Waals surface area contributed by atoms with Crippen LogP contribution in [0, 0.1) is 0 Å². The SMILES string of the molecule is Cl/C(=N\Nc1ccc(Cl)cc1)c1ccncc1. The minimum absolute atomic E-state index is 0.377. The van der Waals surface area contributed by atoms with Crippen LogP contribution in [-0.4, -0.2) is 10.2 Å². The lowest BCUT2D eigenvalue weighted by Crippen LogP contribution is -1.97. The summed E-state index contributed by atoms with van der Waals surface area (Å²) in [5.41, 5.74) is 4.48. The predicted molar refractivity (Wildman–Crippen MR) is 71.7 cm³/mol. The fourth-order valence-electron chi connectivity index (χ4n) is 1.19. The number of nitrogens with zero attached hydrogens (tertiary/aromatic N) is 2. The summed E-state index contributed by atoms with van der Waals surface area (Å²) in [5, 5.41) is 5.11. The van der Waals surface area contributed by atoms with Gasteiger partial charge in [-0.3, -0.25) is 10.4 Å². The van der Waals surface area contributed by atoms with Crippen LogP contribution in [-0.2, 0) is 0 Å². The fourth-order valence-corrected chi connectivity index (χ4v) is 1.49. The lowest BCUT2D eigenvalue weighted by atomic mass is 10.3. The Morgan fingerprint density at radius 2 is 1.71 bits per heavy atom. The van der Waals surface area contributed by atoms with Gasteiger partial charge in [-0.2, -0.15) is 5.10 Å². The number of hydrazone groups is 1. The molecule has 0 atom stereocenters. The molecule has 0 amide bonds. The van der Waals surface area contributed by atoms with E-state index < -0.39 is 0 Å². The maximum Gasteiger partial charge on any atom is 0.156 e. The van der Waals surface area contributed by atoms with Gasteiger partial charge in [-0.15, -0.1) is 0 Å². The molecule has 5 heteroatoms. The number of pyridine rings is 1. The van der Waals surface area contributed by atoms with E-state index in [9.17, 15) is 0 Å². The summed E-state index contributed by atoms with van der Waals surface area (Å²) in [6.07, 6.45) is 3.32. The van der Waals surface area contributed by atoms with E-state index in [1.165, 1.54) is 0 Å². The first-order valence-electron chi connectivity index (χ1n) is 4.91. The molecule has 1 N–H and O–H groups in total. The molecule has 0 bridgehead atoms. The maximum absolute atomic E-state index is 6.02. The molecule has 86 valence electrons. The quantitative estimate of drug-likeness (QED) is 0.678. The Kier molecular flexibility index (Phi) is 3.96. The monoisotopic (exact) mass is 265 g/mol. The average molecular weight is 266 g/mol. The molecule has 2 aromatic rings. The van der Waals surface area contributed by atoms with E-state index in [1.807, 2.05) is 12.1 Å². The Balaban J connectivity index is 2.08. The van der Waals surface area contributed by atoms with Gasteiger partial charge in [-0.05, 0) is 36.4 Å². The number of hydrogen-bond acceptors (Lipinski definition) is 3. The summed E-state index contributed by atoms with van der Waals surface area (Å²) < 4.78 is 0. The molecule has 2 rings (SSSR count). The molecule has 17 heavy (non-hydrogen) atoms. The Morgan fingerprint density at radius 3 is 2.35 bits per heavy atom. The van der Waals surface area contributed by atoms with Crippen LogP contribution >= 0.6 is 23.2 Å². The van der Waals surface area contributed by atoms with Crippen LogP contribution in [0.1, 0.15) is 5.56 Å². The number of hydrogen-bond donors (Lipinski definition) is 1. The van der Waals surface area contributed by atoms with E-state index in [0.29, 0.717) is 10.2 Å². The van der Waals surface area contributed by atoms with Crippen LogP contribution in [0.25, 0.3) is 0 Å². The summed E-state index contributed by atoms with van der Waals surface area (Å²) >= 11 is 11.8. The van der Waals surface area contributed by atoms with Crippen LogP contribution in [0.5, 0.6) is 0 Å². The highest BCUT2D eigenvalue weighted by molar-refractivity contribution is 6.69. The molecule has 1 aromatic carbocycles. The normalized spacial score (nSPS) is 11.3. The number of nitrogens with one attached hydrogen (secondary N) is 1. The van der Waals surface area contributed by atoms with Crippen LogP contribution < -0.4 is 5.43 Å². The van der Waals surface area contributed by atoms with E-state index in [-0.39, 0.29) is 0 Å². The second-order valence-electron chi connectivity index (χ2n) is 3.26. The smallest absolute Gasteiger partial charge is 0.156 e. The number of rotatable bonds is 3. The molecule has 0 unspecified atom stereocenters. The number of anilines is 1. The first-order chi connectivity index (χ1) is 8.25. The molecule has 0 saturated heterocycles. The third-order valence-electron chi connectivity index (χ3n) is 2.05. The summed E-state index contributed by atoms with van der Waals surface area (Å²) in [5.74, 6) is 0. The van der Waals surface area contributed by atoms with E-state index >= 15 is 0 Å². The minimum atomic E-state index is 0.377. The van der Waals surface area contributed by atoms with Crippen molar-refractivity contribution < 1.29 is 0 Å². The summed E-state index contributed by atoms with van der Waals surface area (Å²) in [7, 11) is 0. The van der Waals surface area contributed by atoms with E-state index in [1.54, 1.807) is 36.7 Å². The van der Waals surface area contributed by atoms with Gasteiger partial charge in [0.15, 0.2) is 5.17 Å². The van der Waals surface area contributed by atoms with Crippen molar-refractivity contribution in [2.75, 3.05) is 5.43 Å². The Morgan fingerprint density at radius 1 is 1.06 bits per heavy atom.